The summed E-state index contributed by atoms with van der Waals surface area (Å²) in [6, 6.07) is 10.8. The molecule has 1 unspecified atom stereocenters. The van der Waals surface area contributed by atoms with E-state index in [1.165, 1.54) is 0 Å². The minimum Gasteiger partial charge on any atom is -0.493 e. The number of halogens is 2. The second kappa shape index (κ2) is 10.1. The van der Waals surface area contributed by atoms with Crippen molar-refractivity contribution in [2.24, 2.45) is 5.92 Å². The summed E-state index contributed by atoms with van der Waals surface area (Å²) >= 11 is 11.9. The third-order valence-electron chi connectivity index (χ3n) is 3.98. The van der Waals surface area contributed by atoms with Gasteiger partial charge in [0.05, 0.1) is 17.2 Å². The van der Waals surface area contributed by atoms with Gasteiger partial charge in [0.25, 0.3) is 0 Å². The summed E-state index contributed by atoms with van der Waals surface area (Å²) in [5, 5.41) is 3.87. The Morgan fingerprint density at radius 3 is 2.56 bits per heavy atom. The zero-order valence-corrected chi connectivity index (χ0v) is 16.7. The third-order valence-corrected chi connectivity index (χ3v) is 4.72. The molecule has 0 spiro atoms. The number of terminal acetylenes is 1. The maximum absolute atomic E-state index is 12.4. The van der Waals surface area contributed by atoms with Crippen LogP contribution in [0.1, 0.15) is 18.1 Å². The Hall–Kier alpha value is -2.35. The van der Waals surface area contributed by atoms with E-state index in [0.717, 1.165) is 11.1 Å². The number of amides is 1. The van der Waals surface area contributed by atoms with Crippen LogP contribution in [0.25, 0.3) is 0 Å². The smallest absolute Gasteiger partial charge is 0.223 e. The molecule has 2 aromatic rings. The van der Waals surface area contributed by atoms with Crippen molar-refractivity contribution in [1.82, 2.24) is 5.32 Å². The monoisotopic (exact) mass is 405 g/mol. The predicted octanol–water partition coefficient (Wildman–Crippen LogP) is 4.51. The highest BCUT2D eigenvalue weighted by Gasteiger charge is 2.15. The molecule has 0 saturated heterocycles. The third kappa shape index (κ3) is 6.09. The van der Waals surface area contributed by atoms with E-state index >= 15 is 0 Å². The zero-order valence-electron chi connectivity index (χ0n) is 15.2. The summed E-state index contributed by atoms with van der Waals surface area (Å²) in [5.74, 6) is 3.32. The van der Waals surface area contributed by atoms with Crippen molar-refractivity contribution in [1.29, 1.82) is 0 Å². The Labute approximate surface area is 169 Å². The highest BCUT2D eigenvalue weighted by atomic mass is 35.5. The predicted molar refractivity (Wildman–Crippen MR) is 108 cm³/mol. The first kappa shape index (κ1) is 21.0. The topological polar surface area (TPSA) is 47.6 Å². The van der Waals surface area contributed by atoms with Gasteiger partial charge < -0.3 is 14.8 Å². The lowest BCUT2D eigenvalue weighted by atomic mass is 10.00. The number of carbonyl (C=O) groups excluding carboxylic acids is 1. The molecular weight excluding hydrogens is 385 g/mol. The van der Waals surface area contributed by atoms with Gasteiger partial charge in [-0.1, -0.05) is 48.2 Å². The summed E-state index contributed by atoms with van der Waals surface area (Å²) in [6.07, 6.45) is 5.78. The van der Waals surface area contributed by atoms with Gasteiger partial charge >= 0.3 is 0 Å². The van der Waals surface area contributed by atoms with Gasteiger partial charge in [0.2, 0.25) is 5.91 Å². The van der Waals surface area contributed by atoms with Gasteiger partial charge in [-0.2, -0.15) is 0 Å². The minimum atomic E-state index is -0.213. The van der Waals surface area contributed by atoms with Crippen molar-refractivity contribution in [2.45, 2.75) is 19.9 Å². The van der Waals surface area contributed by atoms with Crippen molar-refractivity contribution >= 4 is 29.1 Å². The van der Waals surface area contributed by atoms with Gasteiger partial charge in [0.15, 0.2) is 11.5 Å². The minimum absolute atomic E-state index is 0.0484. The van der Waals surface area contributed by atoms with E-state index in [2.05, 4.69) is 11.2 Å². The van der Waals surface area contributed by atoms with E-state index in [-0.39, 0.29) is 18.4 Å². The maximum Gasteiger partial charge on any atom is 0.223 e. The van der Waals surface area contributed by atoms with Gasteiger partial charge in [0, 0.05) is 12.5 Å². The highest BCUT2D eigenvalue weighted by molar-refractivity contribution is 6.42. The molecule has 2 rings (SSSR count). The first-order chi connectivity index (χ1) is 12.9. The molecule has 1 N–H and O–H groups in total. The summed E-state index contributed by atoms with van der Waals surface area (Å²) in [5.41, 5.74) is 1.86. The summed E-state index contributed by atoms with van der Waals surface area (Å²) < 4.78 is 10.8. The van der Waals surface area contributed by atoms with Gasteiger partial charge in [-0.25, -0.2) is 0 Å². The first-order valence-electron chi connectivity index (χ1n) is 8.39. The van der Waals surface area contributed by atoms with E-state index in [0.29, 0.717) is 34.5 Å². The van der Waals surface area contributed by atoms with Crippen molar-refractivity contribution < 1.29 is 14.3 Å². The molecule has 0 heterocycles. The molecule has 142 valence electrons. The lowest BCUT2D eigenvalue weighted by molar-refractivity contribution is -0.124. The van der Waals surface area contributed by atoms with Crippen molar-refractivity contribution in [3.8, 4) is 23.8 Å². The van der Waals surface area contributed by atoms with Crippen molar-refractivity contribution in [2.75, 3.05) is 13.7 Å². The lowest BCUT2D eigenvalue weighted by Gasteiger charge is -2.15. The number of methoxy groups -OCH3 is 1. The Morgan fingerprint density at radius 1 is 1.15 bits per heavy atom. The lowest BCUT2D eigenvalue weighted by Crippen LogP contribution is -2.29. The normalized spacial score (nSPS) is 11.4. The van der Waals surface area contributed by atoms with E-state index < -0.39 is 0 Å². The Balaban J connectivity index is 1.95. The van der Waals surface area contributed by atoms with Crippen LogP contribution in [0.15, 0.2) is 36.4 Å². The molecule has 0 aliphatic carbocycles. The number of nitrogens with one attached hydrogen (secondary N) is 1. The molecule has 1 amide bonds. The molecule has 1 atom stereocenters. The molecular formula is C21H21Cl2NO3. The second-order valence-electron chi connectivity index (χ2n) is 6.05. The SMILES string of the molecule is C#CCOc1ccc(CC(C)C(=O)NCc2ccc(Cl)c(Cl)c2)cc1OC. The van der Waals surface area contributed by atoms with Crippen LogP contribution in [-0.2, 0) is 17.8 Å². The van der Waals surface area contributed by atoms with Crippen LogP contribution >= 0.6 is 23.2 Å². The van der Waals surface area contributed by atoms with Crippen LogP contribution in [0.2, 0.25) is 10.0 Å². The van der Waals surface area contributed by atoms with Crippen LogP contribution in [0, 0.1) is 18.3 Å². The highest BCUT2D eigenvalue weighted by Crippen LogP contribution is 2.29. The molecule has 0 aliphatic heterocycles. The van der Waals surface area contributed by atoms with E-state index in [9.17, 15) is 4.79 Å². The Bertz CT molecular complexity index is 846. The van der Waals surface area contributed by atoms with Crippen LogP contribution in [0.5, 0.6) is 11.5 Å². The first-order valence-corrected chi connectivity index (χ1v) is 9.15. The van der Waals surface area contributed by atoms with E-state index in [4.69, 9.17) is 39.1 Å². The van der Waals surface area contributed by atoms with Crippen LogP contribution < -0.4 is 14.8 Å². The number of carbonyl (C=O) groups is 1. The Kier molecular flexibility index (Phi) is 7.84. The van der Waals surface area contributed by atoms with Crippen LogP contribution in [0.3, 0.4) is 0 Å². The number of rotatable bonds is 8. The van der Waals surface area contributed by atoms with Gasteiger partial charge in [-0.05, 0) is 41.8 Å². The Morgan fingerprint density at radius 2 is 1.89 bits per heavy atom. The molecule has 0 radical (unpaired) electrons. The fourth-order valence-corrected chi connectivity index (χ4v) is 2.86. The molecule has 6 heteroatoms. The molecule has 0 bridgehead atoms. The number of hydrogen-bond acceptors (Lipinski definition) is 3. The van der Waals surface area contributed by atoms with Crippen molar-refractivity contribution in [3.63, 3.8) is 0 Å². The molecule has 4 nitrogen and oxygen atoms in total. The maximum atomic E-state index is 12.4. The summed E-state index contributed by atoms with van der Waals surface area (Å²) in [7, 11) is 1.56. The quantitative estimate of drug-likeness (QED) is 0.657. The zero-order chi connectivity index (χ0) is 19.8. The molecule has 0 saturated carbocycles. The average Bonchev–Trinajstić information content (AvgIpc) is 2.67. The van der Waals surface area contributed by atoms with E-state index in [1.54, 1.807) is 25.3 Å². The number of hydrogen-bond donors (Lipinski definition) is 1. The standard InChI is InChI=1S/C21H21Cl2NO3/c1-4-9-27-19-8-6-15(12-20(19)26-3)10-14(2)21(25)24-13-16-5-7-17(22)18(23)11-16/h1,5-8,11-12,14H,9-10,13H2,2-3H3,(H,24,25). The fourth-order valence-electron chi connectivity index (χ4n) is 2.54. The molecule has 0 aliphatic rings. The van der Waals surface area contributed by atoms with Crippen LogP contribution in [-0.4, -0.2) is 19.6 Å². The average molecular weight is 406 g/mol. The summed E-state index contributed by atoms with van der Waals surface area (Å²) in [6.45, 7) is 2.44. The largest absolute Gasteiger partial charge is 0.493 e. The van der Waals surface area contributed by atoms with Crippen molar-refractivity contribution in [3.05, 3.63) is 57.6 Å². The number of benzene rings is 2. The molecule has 2 aromatic carbocycles. The summed E-state index contributed by atoms with van der Waals surface area (Å²) in [4.78, 5) is 12.4. The van der Waals surface area contributed by atoms with Gasteiger partial charge in [0.1, 0.15) is 6.61 Å². The van der Waals surface area contributed by atoms with E-state index in [1.807, 2.05) is 25.1 Å². The second-order valence-corrected chi connectivity index (χ2v) is 6.86. The number of ether oxygens (including phenoxy) is 2. The molecule has 0 aromatic heterocycles. The van der Waals surface area contributed by atoms with Crippen LogP contribution in [0.4, 0.5) is 0 Å². The molecule has 0 fully saturated rings. The fraction of sp³-hybridized carbons (Fsp3) is 0.286. The van der Waals surface area contributed by atoms with Gasteiger partial charge in [-0.3, -0.25) is 4.79 Å². The molecule has 27 heavy (non-hydrogen) atoms. The van der Waals surface area contributed by atoms with Gasteiger partial charge in [-0.15, -0.1) is 6.42 Å².